The van der Waals surface area contributed by atoms with E-state index in [1.54, 1.807) is 24.3 Å². The van der Waals surface area contributed by atoms with E-state index < -0.39 is 0 Å². The fraction of sp³-hybridized carbons (Fsp3) is 0.0833. The van der Waals surface area contributed by atoms with Gasteiger partial charge in [-0.1, -0.05) is 18.2 Å². The number of amides is 1. The monoisotopic (exact) mass is 429 g/mol. The summed E-state index contributed by atoms with van der Waals surface area (Å²) in [6.45, 7) is 3.27. The van der Waals surface area contributed by atoms with Crippen LogP contribution in [0, 0.1) is 6.92 Å². The molecule has 4 rings (SSSR count). The van der Waals surface area contributed by atoms with Crippen LogP contribution in [0.4, 0.5) is 5.69 Å². The molecule has 2 aromatic heterocycles. The van der Waals surface area contributed by atoms with E-state index in [0.717, 1.165) is 21.6 Å². The third-order valence-corrected chi connectivity index (χ3v) is 5.67. The van der Waals surface area contributed by atoms with Crippen molar-refractivity contribution >= 4 is 44.7 Å². The van der Waals surface area contributed by atoms with E-state index in [4.69, 9.17) is 0 Å². The van der Waals surface area contributed by atoms with Gasteiger partial charge in [0.15, 0.2) is 11.6 Å². The van der Waals surface area contributed by atoms with Crippen molar-refractivity contribution in [2.75, 3.05) is 5.32 Å². The Hall–Kier alpha value is -3.84. The lowest BCUT2D eigenvalue weighted by molar-refractivity contribution is -0.112. The molecule has 31 heavy (non-hydrogen) atoms. The number of aromatic nitrogens is 2. The lowest BCUT2D eigenvalue weighted by Gasteiger charge is -2.05. The van der Waals surface area contributed by atoms with Crippen LogP contribution >= 0.6 is 11.3 Å². The maximum atomic E-state index is 12.9. The van der Waals surface area contributed by atoms with Crippen molar-refractivity contribution < 1.29 is 14.4 Å². The Morgan fingerprint density at radius 2 is 1.71 bits per heavy atom. The maximum Gasteiger partial charge on any atom is 0.257 e. The topological polar surface area (TPSA) is 81.1 Å². The zero-order chi connectivity index (χ0) is 22.0. The number of hydrogen-bond donors (Lipinski definition) is 1. The number of carbonyl (C=O) groups is 3. The Kier molecular flexibility index (Phi) is 5.60. The van der Waals surface area contributed by atoms with E-state index in [0.29, 0.717) is 16.8 Å². The van der Waals surface area contributed by atoms with Crippen molar-refractivity contribution in [2.45, 2.75) is 13.8 Å². The van der Waals surface area contributed by atoms with Crippen molar-refractivity contribution in [3.63, 3.8) is 0 Å². The first kappa shape index (κ1) is 20.4. The molecule has 0 aliphatic heterocycles. The number of carbonyl (C=O) groups excluding carboxylic acids is 3. The number of ketones is 2. The fourth-order valence-electron chi connectivity index (χ4n) is 3.22. The van der Waals surface area contributed by atoms with Gasteiger partial charge in [0.2, 0.25) is 0 Å². The Morgan fingerprint density at radius 1 is 1.00 bits per heavy atom. The summed E-state index contributed by atoms with van der Waals surface area (Å²) in [4.78, 5) is 36.8. The number of para-hydroxylation sites is 1. The molecule has 154 valence electrons. The smallest absolute Gasteiger partial charge is 0.257 e. The summed E-state index contributed by atoms with van der Waals surface area (Å²) in [5.41, 5.74) is 3.29. The number of thiophene rings is 1. The van der Waals surface area contributed by atoms with Gasteiger partial charge in [-0.3, -0.25) is 14.4 Å². The van der Waals surface area contributed by atoms with E-state index in [1.165, 1.54) is 30.4 Å². The molecule has 0 bridgehead atoms. The Bertz CT molecular complexity index is 1320. The summed E-state index contributed by atoms with van der Waals surface area (Å²) in [5.74, 6) is -0.695. The third kappa shape index (κ3) is 4.22. The number of nitrogens with one attached hydrogen (secondary N) is 1. The average Bonchev–Trinajstić information content (AvgIpc) is 3.34. The molecule has 0 unspecified atom stereocenters. The number of fused-ring (bicyclic) bond motifs is 1. The summed E-state index contributed by atoms with van der Waals surface area (Å²) < 4.78 is 1.85. The first-order valence-electron chi connectivity index (χ1n) is 9.60. The van der Waals surface area contributed by atoms with Crippen LogP contribution in [0.1, 0.15) is 33.3 Å². The molecular formula is C24H19N3O3S. The molecule has 0 saturated carbocycles. The molecule has 1 amide bonds. The second-order valence-electron chi connectivity index (χ2n) is 7.00. The van der Waals surface area contributed by atoms with Crippen LogP contribution in [0.25, 0.3) is 15.9 Å². The highest BCUT2D eigenvalue weighted by Crippen LogP contribution is 2.31. The van der Waals surface area contributed by atoms with Gasteiger partial charge in [0.1, 0.15) is 4.83 Å². The molecule has 0 atom stereocenters. The Labute approximate surface area is 182 Å². The minimum atomic E-state index is -0.267. The van der Waals surface area contributed by atoms with Crippen LogP contribution in [0.5, 0.6) is 0 Å². The van der Waals surface area contributed by atoms with Crippen LogP contribution in [-0.2, 0) is 4.79 Å². The van der Waals surface area contributed by atoms with Gasteiger partial charge in [-0.15, -0.1) is 11.3 Å². The standard InChI is InChI=1S/C24H19N3O3S/c1-15(28)8-13-21(29)17-9-11-18(12-10-17)25-23(30)20-14-31-24-22(20)16(2)26-27(24)19-6-4-3-5-7-19/h3-14H,1-2H3,(H,25,30). The first-order valence-corrected chi connectivity index (χ1v) is 10.5. The highest BCUT2D eigenvalue weighted by atomic mass is 32.1. The molecule has 0 radical (unpaired) electrons. The number of anilines is 1. The molecule has 0 aliphatic rings. The van der Waals surface area contributed by atoms with Crippen LogP contribution in [0.2, 0.25) is 0 Å². The molecule has 4 aromatic rings. The number of aryl methyl sites for hydroxylation is 1. The largest absolute Gasteiger partial charge is 0.322 e. The van der Waals surface area contributed by atoms with Crippen molar-refractivity contribution in [1.82, 2.24) is 9.78 Å². The van der Waals surface area contributed by atoms with Crippen molar-refractivity contribution in [2.24, 2.45) is 0 Å². The Morgan fingerprint density at radius 3 is 2.39 bits per heavy atom. The molecule has 2 aromatic carbocycles. The fourth-order valence-corrected chi connectivity index (χ4v) is 4.29. The van der Waals surface area contributed by atoms with Gasteiger partial charge in [0.25, 0.3) is 5.91 Å². The quantitative estimate of drug-likeness (QED) is 0.346. The molecule has 0 spiro atoms. The van der Waals surface area contributed by atoms with Gasteiger partial charge in [0.05, 0.1) is 16.9 Å². The van der Waals surface area contributed by atoms with Gasteiger partial charge < -0.3 is 5.32 Å². The molecule has 0 saturated heterocycles. The van der Waals surface area contributed by atoms with E-state index in [1.807, 2.05) is 47.3 Å². The third-order valence-electron chi connectivity index (χ3n) is 4.72. The summed E-state index contributed by atoms with van der Waals surface area (Å²) in [7, 11) is 0. The predicted molar refractivity (Wildman–Crippen MR) is 122 cm³/mol. The predicted octanol–water partition coefficient (Wildman–Crippen LogP) is 4.98. The molecule has 7 heteroatoms. The molecule has 2 heterocycles. The summed E-state index contributed by atoms with van der Waals surface area (Å²) in [6.07, 6.45) is 2.48. The molecule has 1 N–H and O–H groups in total. The highest BCUT2D eigenvalue weighted by molar-refractivity contribution is 7.17. The van der Waals surface area contributed by atoms with E-state index in [2.05, 4.69) is 10.4 Å². The Balaban J connectivity index is 1.56. The van der Waals surface area contributed by atoms with Crippen molar-refractivity contribution in [3.05, 3.63) is 89.0 Å². The van der Waals surface area contributed by atoms with Gasteiger partial charge in [0, 0.05) is 22.0 Å². The zero-order valence-corrected chi connectivity index (χ0v) is 17.8. The minimum Gasteiger partial charge on any atom is -0.322 e. The van der Waals surface area contributed by atoms with Crippen LogP contribution in [0.15, 0.2) is 72.1 Å². The van der Waals surface area contributed by atoms with Gasteiger partial charge in [-0.2, -0.15) is 5.10 Å². The number of benzene rings is 2. The number of rotatable bonds is 6. The van der Waals surface area contributed by atoms with Gasteiger partial charge in [-0.25, -0.2) is 4.68 Å². The number of allylic oxidation sites excluding steroid dienone is 2. The first-order chi connectivity index (χ1) is 14.9. The van der Waals surface area contributed by atoms with E-state index in [-0.39, 0.29) is 17.5 Å². The minimum absolute atomic E-state index is 0.190. The van der Waals surface area contributed by atoms with Gasteiger partial charge >= 0.3 is 0 Å². The van der Waals surface area contributed by atoms with Gasteiger partial charge in [-0.05, 0) is 62.4 Å². The van der Waals surface area contributed by atoms with E-state index >= 15 is 0 Å². The van der Waals surface area contributed by atoms with E-state index in [9.17, 15) is 14.4 Å². The second kappa shape index (κ2) is 8.49. The van der Waals surface area contributed by atoms with Crippen LogP contribution in [0.3, 0.4) is 0 Å². The van der Waals surface area contributed by atoms with Crippen LogP contribution < -0.4 is 5.32 Å². The van der Waals surface area contributed by atoms with Crippen molar-refractivity contribution in [3.8, 4) is 5.69 Å². The summed E-state index contributed by atoms with van der Waals surface area (Å²) in [6, 6.07) is 16.3. The maximum absolute atomic E-state index is 12.9. The molecular weight excluding hydrogens is 410 g/mol. The zero-order valence-electron chi connectivity index (χ0n) is 17.0. The second-order valence-corrected chi connectivity index (χ2v) is 7.86. The molecule has 0 fully saturated rings. The number of nitrogens with zero attached hydrogens (tertiary/aromatic N) is 2. The lowest BCUT2D eigenvalue weighted by atomic mass is 10.1. The van der Waals surface area contributed by atoms with Crippen LogP contribution in [-0.4, -0.2) is 27.3 Å². The van der Waals surface area contributed by atoms with Crippen molar-refractivity contribution in [1.29, 1.82) is 0 Å². The number of hydrogen-bond acceptors (Lipinski definition) is 5. The molecule has 6 nitrogen and oxygen atoms in total. The SMILES string of the molecule is CC(=O)C=CC(=O)c1ccc(NC(=O)c2csc3c2c(C)nn3-c2ccccc2)cc1. The molecule has 0 aliphatic carbocycles. The highest BCUT2D eigenvalue weighted by Gasteiger charge is 2.20. The average molecular weight is 430 g/mol. The summed E-state index contributed by atoms with van der Waals surface area (Å²) >= 11 is 1.47. The summed E-state index contributed by atoms with van der Waals surface area (Å²) in [5, 5.41) is 10.1. The normalized spacial score (nSPS) is 11.2. The lowest BCUT2D eigenvalue weighted by Crippen LogP contribution is -2.11.